The Balaban J connectivity index is 2.23. The second kappa shape index (κ2) is 4.63. The van der Waals surface area contributed by atoms with Crippen molar-refractivity contribution in [3.63, 3.8) is 0 Å². The molecule has 0 aliphatic heterocycles. The molecule has 1 aliphatic carbocycles. The Morgan fingerprint density at radius 1 is 1.33 bits per heavy atom. The first-order valence-corrected chi connectivity index (χ1v) is 6.47. The molecule has 0 fully saturated rings. The number of benzene rings is 1. The minimum Gasteiger partial charge on any atom is -0.481 e. The number of nitrogens with zero attached hydrogens (tertiary/aromatic N) is 1. The molecule has 0 unspecified atom stereocenters. The van der Waals surface area contributed by atoms with Crippen molar-refractivity contribution in [3.05, 3.63) is 29.3 Å². The molecule has 3 nitrogen and oxygen atoms in total. The molecule has 98 valence electrons. The average molecular weight is 247 g/mol. The molecular weight excluding hydrogens is 226 g/mol. The summed E-state index contributed by atoms with van der Waals surface area (Å²) in [6.07, 6.45) is 3.70. The van der Waals surface area contributed by atoms with Crippen molar-refractivity contribution in [2.45, 2.75) is 45.1 Å². The van der Waals surface area contributed by atoms with Gasteiger partial charge in [0.2, 0.25) is 0 Å². The highest BCUT2D eigenvalue weighted by Gasteiger charge is 2.27. The molecular formula is C15H21NO2. The fourth-order valence-corrected chi connectivity index (χ4v) is 2.61. The number of carboxylic acid groups (broad SMARTS) is 1. The summed E-state index contributed by atoms with van der Waals surface area (Å²) in [5.74, 6) is -0.756. The third kappa shape index (κ3) is 2.50. The molecule has 2 rings (SSSR count). The van der Waals surface area contributed by atoms with Gasteiger partial charge in [-0.05, 0) is 56.4 Å². The van der Waals surface area contributed by atoms with E-state index in [4.69, 9.17) is 5.11 Å². The van der Waals surface area contributed by atoms with Crippen molar-refractivity contribution >= 4 is 11.7 Å². The van der Waals surface area contributed by atoms with Crippen molar-refractivity contribution in [1.82, 2.24) is 0 Å². The smallest absolute Gasteiger partial charge is 0.305 e. The van der Waals surface area contributed by atoms with E-state index < -0.39 is 5.97 Å². The molecule has 0 saturated heterocycles. The van der Waals surface area contributed by atoms with Crippen LogP contribution in [0.4, 0.5) is 5.69 Å². The monoisotopic (exact) mass is 247 g/mol. The maximum atomic E-state index is 10.9. The van der Waals surface area contributed by atoms with Crippen LogP contribution in [0.25, 0.3) is 0 Å². The Bertz CT molecular complexity index is 466. The fourth-order valence-electron chi connectivity index (χ4n) is 2.61. The van der Waals surface area contributed by atoms with Crippen LogP contribution in [0.5, 0.6) is 0 Å². The molecule has 0 radical (unpaired) electrons. The summed E-state index contributed by atoms with van der Waals surface area (Å²) in [5, 5.41) is 8.97. The molecule has 3 heteroatoms. The van der Waals surface area contributed by atoms with E-state index in [0.29, 0.717) is 0 Å². The van der Waals surface area contributed by atoms with Crippen molar-refractivity contribution < 1.29 is 9.90 Å². The van der Waals surface area contributed by atoms with Crippen LogP contribution < -0.4 is 4.90 Å². The molecule has 18 heavy (non-hydrogen) atoms. The Morgan fingerprint density at radius 3 is 2.67 bits per heavy atom. The summed E-state index contributed by atoms with van der Waals surface area (Å²) < 4.78 is 0. The highest BCUT2D eigenvalue weighted by molar-refractivity contribution is 5.69. The molecule has 0 spiro atoms. The van der Waals surface area contributed by atoms with Gasteiger partial charge in [-0.2, -0.15) is 0 Å². The number of hydrogen-bond donors (Lipinski definition) is 1. The van der Waals surface area contributed by atoms with Crippen LogP contribution in [0.1, 0.15) is 37.8 Å². The van der Waals surface area contributed by atoms with E-state index >= 15 is 0 Å². The van der Waals surface area contributed by atoms with Crippen molar-refractivity contribution in [1.29, 1.82) is 0 Å². The van der Waals surface area contributed by atoms with Crippen molar-refractivity contribution in [2.75, 3.05) is 11.9 Å². The largest absolute Gasteiger partial charge is 0.481 e. The minimum absolute atomic E-state index is 0.139. The number of hydrogen-bond acceptors (Lipinski definition) is 2. The third-order valence-electron chi connectivity index (χ3n) is 3.96. The van der Waals surface area contributed by atoms with Gasteiger partial charge in [-0.3, -0.25) is 4.79 Å². The second-order valence-electron chi connectivity index (χ2n) is 5.75. The number of rotatable bonds is 4. The van der Waals surface area contributed by atoms with Crippen molar-refractivity contribution in [3.8, 4) is 0 Å². The summed E-state index contributed by atoms with van der Waals surface area (Å²) in [7, 11) is 1.97. The summed E-state index contributed by atoms with van der Waals surface area (Å²) in [5.41, 5.74) is 3.61. The van der Waals surface area contributed by atoms with E-state index in [2.05, 4.69) is 23.1 Å². The lowest BCUT2D eigenvalue weighted by Crippen LogP contribution is -2.43. The zero-order valence-electron chi connectivity index (χ0n) is 11.4. The highest BCUT2D eigenvalue weighted by Crippen LogP contribution is 2.30. The van der Waals surface area contributed by atoms with Crippen LogP contribution >= 0.6 is 0 Å². The van der Waals surface area contributed by atoms with E-state index in [0.717, 1.165) is 12.1 Å². The standard InChI is InChI=1S/C15H21NO2/c1-15(2,10-14(17)18)16(3)13-8-7-11-5-4-6-12(11)9-13/h7-9H,4-6,10H2,1-3H3,(H,17,18). The Hall–Kier alpha value is -1.51. The highest BCUT2D eigenvalue weighted by atomic mass is 16.4. The van der Waals surface area contributed by atoms with Crippen molar-refractivity contribution in [2.24, 2.45) is 0 Å². The molecule has 1 N–H and O–H groups in total. The first-order chi connectivity index (χ1) is 8.40. The van der Waals surface area contributed by atoms with Gasteiger partial charge in [-0.15, -0.1) is 0 Å². The first-order valence-electron chi connectivity index (χ1n) is 6.47. The van der Waals surface area contributed by atoms with Crippen LogP contribution in [0.15, 0.2) is 18.2 Å². The first kappa shape index (κ1) is 12.9. The van der Waals surface area contributed by atoms with E-state index in [1.165, 1.54) is 24.0 Å². The van der Waals surface area contributed by atoms with Crippen LogP contribution in [0.3, 0.4) is 0 Å². The summed E-state index contributed by atoms with van der Waals surface area (Å²) in [6.45, 7) is 3.93. The predicted molar refractivity (Wildman–Crippen MR) is 73.2 cm³/mol. The second-order valence-corrected chi connectivity index (χ2v) is 5.75. The van der Waals surface area contributed by atoms with Crippen LogP contribution in [0, 0.1) is 0 Å². The van der Waals surface area contributed by atoms with Gasteiger partial charge in [-0.25, -0.2) is 0 Å². The third-order valence-corrected chi connectivity index (χ3v) is 3.96. The van der Waals surface area contributed by atoms with Gasteiger partial charge in [0.25, 0.3) is 0 Å². The molecule has 0 aromatic heterocycles. The van der Waals surface area contributed by atoms with Crippen LogP contribution in [0.2, 0.25) is 0 Å². The quantitative estimate of drug-likeness (QED) is 0.889. The molecule has 0 bridgehead atoms. The van der Waals surface area contributed by atoms with Crippen LogP contribution in [-0.2, 0) is 17.6 Å². The fraction of sp³-hybridized carbons (Fsp3) is 0.533. The number of carboxylic acids is 1. The molecule has 0 atom stereocenters. The molecule has 0 saturated carbocycles. The predicted octanol–water partition coefficient (Wildman–Crippen LogP) is 2.86. The minimum atomic E-state index is -0.756. The zero-order chi connectivity index (χ0) is 13.3. The van der Waals surface area contributed by atoms with Gasteiger partial charge >= 0.3 is 5.97 Å². The number of aliphatic carboxylic acids is 1. The number of fused-ring (bicyclic) bond motifs is 1. The van der Waals surface area contributed by atoms with E-state index in [1.807, 2.05) is 20.9 Å². The molecule has 1 aromatic rings. The number of aryl methyl sites for hydroxylation is 2. The van der Waals surface area contributed by atoms with Gasteiger partial charge in [0, 0.05) is 18.3 Å². The molecule has 1 aliphatic rings. The van der Waals surface area contributed by atoms with Gasteiger partial charge in [0.1, 0.15) is 0 Å². The number of anilines is 1. The normalized spacial score (nSPS) is 14.4. The van der Waals surface area contributed by atoms with Gasteiger partial charge < -0.3 is 10.0 Å². The molecule has 1 aromatic carbocycles. The molecule has 0 heterocycles. The van der Waals surface area contributed by atoms with Gasteiger partial charge in [-0.1, -0.05) is 6.07 Å². The van der Waals surface area contributed by atoms with Crippen LogP contribution in [-0.4, -0.2) is 23.7 Å². The zero-order valence-corrected chi connectivity index (χ0v) is 11.4. The van der Waals surface area contributed by atoms with E-state index in [1.54, 1.807) is 0 Å². The van der Waals surface area contributed by atoms with Gasteiger partial charge in [0.15, 0.2) is 0 Å². The number of carbonyl (C=O) groups is 1. The Labute approximate surface area is 108 Å². The summed E-state index contributed by atoms with van der Waals surface area (Å²) in [4.78, 5) is 13.0. The maximum absolute atomic E-state index is 10.9. The topological polar surface area (TPSA) is 40.5 Å². The Morgan fingerprint density at radius 2 is 2.00 bits per heavy atom. The van der Waals surface area contributed by atoms with E-state index in [9.17, 15) is 4.79 Å². The summed E-state index contributed by atoms with van der Waals surface area (Å²) >= 11 is 0. The van der Waals surface area contributed by atoms with Gasteiger partial charge in [0.05, 0.1) is 6.42 Å². The average Bonchev–Trinajstić information content (AvgIpc) is 2.72. The lowest BCUT2D eigenvalue weighted by atomic mass is 9.97. The summed E-state index contributed by atoms with van der Waals surface area (Å²) in [6, 6.07) is 6.50. The lowest BCUT2D eigenvalue weighted by Gasteiger charge is -2.36. The SMILES string of the molecule is CN(c1ccc2c(c1)CCC2)C(C)(C)CC(=O)O. The molecule has 0 amide bonds. The Kier molecular flexibility index (Phi) is 3.33. The van der Waals surface area contributed by atoms with E-state index in [-0.39, 0.29) is 12.0 Å². The maximum Gasteiger partial charge on any atom is 0.305 e. The lowest BCUT2D eigenvalue weighted by molar-refractivity contribution is -0.138.